The maximum atomic E-state index is 12.4. The lowest BCUT2D eigenvalue weighted by atomic mass is 9.98. The molecular weight excluding hydrogens is 266 g/mol. The molecule has 0 aromatic carbocycles. The Labute approximate surface area is 115 Å². The van der Waals surface area contributed by atoms with Gasteiger partial charge in [0.05, 0.1) is 0 Å². The first-order valence-electron chi connectivity index (χ1n) is 5.97. The summed E-state index contributed by atoms with van der Waals surface area (Å²) >= 11 is 0. The quantitative estimate of drug-likeness (QED) is 0.763. The van der Waals surface area contributed by atoms with E-state index in [1.54, 1.807) is 13.8 Å². The summed E-state index contributed by atoms with van der Waals surface area (Å²) in [5, 5.41) is 5.83. The Morgan fingerprint density at radius 3 is 2.90 bits per heavy atom. The molecule has 1 N–H and O–H groups in total. The number of aromatic nitrogens is 1. The van der Waals surface area contributed by atoms with E-state index >= 15 is 0 Å². The van der Waals surface area contributed by atoms with Crippen molar-refractivity contribution >= 4 is 17.7 Å². The number of amides is 3. The van der Waals surface area contributed by atoms with E-state index in [0.29, 0.717) is 5.76 Å². The zero-order valence-electron chi connectivity index (χ0n) is 11.4. The number of piperazine rings is 1. The van der Waals surface area contributed by atoms with Crippen molar-refractivity contribution < 1.29 is 23.6 Å². The average molecular weight is 281 g/mol. The van der Waals surface area contributed by atoms with Crippen LogP contribution in [0.25, 0.3) is 0 Å². The summed E-state index contributed by atoms with van der Waals surface area (Å²) in [6.45, 7) is 3.10. The molecule has 0 spiro atoms. The topological polar surface area (TPSA) is 102 Å². The molecule has 0 unspecified atom stereocenters. The number of hydrogen-bond donors (Lipinski definition) is 1. The van der Waals surface area contributed by atoms with Crippen LogP contribution in [0.3, 0.4) is 0 Å². The number of methoxy groups -OCH3 is 1. The first kappa shape index (κ1) is 14.2. The van der Waals surface area contributed by atoms with Crippen LogP contribution >= 0.6 is 0 Å². The van der Waals surface area contributed by atoms with Crippen LogP contribution in [0.15, 0.2) is 10.6 Å². The molecule has 1 aliphatic rings. The van der Waals surface area contributed by atoms with Crippen LogP contribution in [0, 0.1) is 0 Å². The Balaban J connectivity index is 2.25. The Morgan fingerprint density at radius 2 is 2.25 bits per heavy atom. The smallest absolute Gasteiger partial charge is 0.277 e. The molecule has 1 aromatic rings. The summed E-state index contributed by atoms with van der Waals surface area (Å²) in [6, 6.07) is 1.43. The van der Waals surface area contributed by atoms with Gasteiger partial charge in [0.15, 0.2) is 11.5 Å². The minimum Gasteiger partial charge on any atom is -0.377 e. The zero-order chi connectivity index (χ0) is 14.9. The number of hydrogen-bond acceptors (Lipinski definition) is 6. The average Bonchev–Trinajstić information content (AvgIpc) is 2.82. The fourth-order valence-corrected chi connectivity index (χ4v) is 1.87. The number of carbonyl (C=O) groups is 3. The highest BCUT2D eigenvalue weighted by Crippen LogP contribution is 2.21. The second-order valence-electron chi connectivity index (χ2n) is 4.94. The van der Waals surface area contributed by atoms with Crippen LogP contribution in [0.5, 0.6) is 0 Å². The van der Waals surface area contributed by atoms with Gasteiger partial charge in [0.2, 0.25) is 5.91 Å². The number of ether oxygens (including phenoxy) is 1. The summed E-state index contributed by atoms with van der Waals surface area (Å²) in [5.41, 5.74) is -1.10. The number of nitrogens with one attached hydrogen (secondary N) is 1. The van der Waals surface area contributed by atoms with Crippen LogP contribution in [0.4, 0.5) is 0 Å². The van der Waals surface area contributed by atoms with E-state index in [0.717, 1.165) is 0 Å². The lowest BCUT2D eigenvalue weighted by Gasteiger charge is -2.39. The maximum absolute atomic E-state index is 12.4. The minimum atomic E-state index is -1.13. The second-order valence-corrected chi connectivity index (χ2v) is 4.94. The van der Waals surface area contributed by atoms with E-state index in [9.17, 15) is 14.4 Å². The van der Waals surface area contributed by atoms with E-state index in [4.69, 9.17) is 9.26 Å². The lowest BCUT2D eigenvalue weighted by Crippen LogP contribution is -2.65. The summed E-state index contributed by atoms with van der Waals surface area (Å²) in [4.78, 5) is 36.7. The number of nitrogens with zero attached hydrogens (tertiary/aromatic N) is 2. The minimum absolute atomic E-state index is 0.0348. The molecule has 20 heavy (non-hydrogen) atoms. The molecule has 8 nitrogen and oxygen atoms in total. The first-order valence-corrected chi connectivity index (χ1v) is 5.97. The van der Waals surface area contributed by atoms with Gasteiger partial charge in [-0.2, -0.15) is 0 Å². The molecule has 0 radical (unpaired) electrons. The third-order valence-electron chi connectivity index (χ3n) is 3.09. The Kier molecular flexibility index (Phi) is 3.58. The van der Waals surface area contributed by atoms with Crippen molar-refractivity contribution in [2.24, 2.45) is 0 Å². The van der Waals surface area contributed by atoms with Crippen molar-refractivity contribution in [3.05, 3.63) is 17.5 Å². The van der Waals surface area contributed by atoms with Gasteiger partial charge in [-0.15, -0.1) is 0 Å². The van der Waals surface area contributed by atoms with Gasteiger partial charge in [0.1, 0.15) is 18.7 Å². The Hall–Kier alpha value is -2.22. The lowest BCUT2D eigenvalue weighted by molar-refractivity contribution is -0.143. The van der Waals surface area contributed by atoms with E-state index < -0.39 is 23.3 Å². The van der Waals surface area contributed by atoms with Crippen LogP contribution in [-0.2, 0) is 20.9 Å². The Bertz CT molecular complexity index is 563. The molecule has 8 heteroatoms. The summed E-state index contributed by atoms with van der Waals surface area (Å²) in [7, 11) is 1.49. The number of rotatable bonds is 3. The van der Waals surface area contributed by atoms with Crippen LogP contribution < -0.4 is 5.32 Å². The van der Waals surface area contributed by atoms with Crippen LogP contribution in [0.1, 0.15) is 30.1 Å². The molecule has 1 aromatic heterocycles. The summed E-state index contributed by atoms with van der Waals surface area (Å²) in [6.07, 6.45) is 0. The van der Waals surface area contributed by atoms with Gasteiger partial charge < -0.3 is 14.2 Å². The highest BCUT2D eigenvalue weighted by Gasteiger charge is 2.44. The molecule has 3 amide bonds. The van der Waals surface area contributed by atoms with Crippen molar-refractivity contribution in [3.63, 3.8) is 0 Å². The predicted octanol–water partition coefficient (Wildman–Crippen LogP) is -0.302. The number of imide groups is 1. The largest absolute Gasteiger partial charge is 0.377 e. The summed E-state index contributed by atoms with van der Waals surface area (Å²) in [5.74, 6) is -1.20. The molecule has 2 heterocycles. The normalized spacial score (nSPS) is 18.1. The van der Waals surface area contributed by atoms with E-state index in [1.165, 1.54) is 18.1 Å². The van der Waals surface area contributed by atoms with Gasteiger partial charge in [0.25, 0.3) is 11.8 Å². The van der Waals surface area contributed by atoms with Gasteiger partial charge in [-0.25, -0.2) is 0 Å². The molecule has 1 fully saturated rings. The van der Waals surface area contributed by atoms with E-state index in [-0.39, 0.29) is 18.8 Å². The van der Waals surface area contributed by atoms with Crippen molar-refractivity contribution in [2.75, 3.05) is 13.7 Å². The molecule has 0 saturated carbocycles. The fourth-order valence-electron chi connectivity index (χ4n) is 1.87. The predicted molar refractivity (Wildman–Crippen MR) is 65.5 cm³/mol. The second kappa shape index (κ2) is 5.04. The van der Waals surface area contributed by atoms with E-state index in [2.05, 4.69) is 10.5 Å². The molecule has 2 rings (SSSR count). The van der Waals surface area contributed by atoms with Crippen molar-refractivity contribution in [3.8, 4) is 0 Å². The molecule has 0 aliphatic carbocycles. The van der Waals surface area contributed by atoms with Crippen LogP contribution in [-0.4, -0.2) is 47.0 Å². The van der Waals surface area contributed by atoms with Crippen molar-refractivity contribution in [2.45, 2.75) is 26.0 Å². The Morgan fingerprint density at radius 1 is 1.55 bits per heavy atom. The third kappa shape index (κ3) is 2.42. The first-order chi connectivity index (χ1) is 9.36. The van der Waals surface area contributed by atoms with Gasteiger partial charge in [-0.05, 0) is 13.8 Å². The molecular formula is C12H15N3O5. The maximum Gasteiger partial charge on any atom is 0.277 e. The monoisotopic (exact) mass is 281 g/mol. The molecule has 108 valence electrons. The molecule has 0 bridgehead atoms. The molecule has 0 atom stereocenters. The van der Waals surface area contributed by atoms with Gasteiger partial charge in [-0.3, -0.25) is 19.7 Å². The van der Waals surface area contributed by atoms with Gasteiger partial charge >= 0.3 is 0 Å². The standard InChI is InChI=1S/C12H15N3O5/c1-12(2)11(18)13-9(16)5-15(12)10(17)8-4-7(6-19-3)20-14-8/h4H,5-6H2,1-3H3,(H,13,16,18). The molecule has 1 aliphatic heterocycles. The van der Waals surface area contributed by atoms with Gasteiger partial charge in [-0.1, -0.05) is 5.16 Å². The highest BCUT2D eigenvalue weighted by atomic mass is 16.5. The van der Waals surface area contributed by atoms with E-state index in [1.807, 2.05) is 0 Å². The third-order valence-corrected chi connectivity index (χ3v) is 3.09. The van der Waals surface area contributed by atoms with Crippen molar-refractivity contribution in [1.82, 2.24) is 15.4 Å². The van der Waals surface area contributed by atoms with Crippen molar-refractivity contribution in [1.29, 1.82) is 0 Å². The van der Waals surface area contributed by atoms with Gasteiger partial charge in [0, 0.05) is 13.2 Å². The molecule has 1 saturated heterocycles. The van der Waals surface area contributed by atoms with Crippen LogP contribution in [0.2, 0.25) is 0 Å². The summed E-state index contributed by atoms with van der Waals surface area (Å²) < 4.78 is 9.80. The highest BCUT2D eigenvalue weighted by molar-refractivity contribution is 6.08. The number of carbonyl (C=O) groups excluding carboxylic acids is 3. The SMILES string of the molecule is COCc1cc(C(=O)N2CC(=O)NC(=O)C2(C)C)no1. The fraction of sp³-hybridized carbons (Fsp3) is 0.500. The zero-order valence-corrected chi connectivity index (χ0v) is 11.4.